The molecule has 0 amide bonds. The molecule has 2 fully saturated rings. The third-order valence-corrected chi connectivity index (χ3v) is 57.5. The van der Waals surface area contributed by atoms with E-state index < -0.39 is 67.5 Å². The lowest BCUT2D eigenvalue weighted by Gasteiger charge is -2.45. The highest BCUT2D eigenvalue weighted by Crippen LogP contribution is 2.43. The van der Waals surface area contributed by atoms with Crippen LogP contribution in [0.5, 0.6) is 46.0 Å². The Morgan fingerprint density at radius 1 is 0.259 bits per heavy atom. The molecule has 143 heavy (non-hydrogen) atoms. The highest BCUT2D eigenvalue weighted by atomic mass is 28.5. The molecule has 0 spiro atoms. The third-order valence-electron chi connectivity index (χ3n) is 28.7. The SMILES string of the molecule is CCCCCCCCCCC(Oc1ccc(Oc2ccc(OC(CCCCCCCCCC)[Si](C)(O[Si](C)(C)C)O[Si](C)(CCCCCCCCCCCOc3ccc(C(=O)Oc4ccc(C5CCC(CCCCC)CC5)cc4)cc3)O[Si](C)(C)C)cc2)cc1)[Si](C)(O[Si](C)(C)C)O[Si](C)(CCCCCCCCCCCOc1ccc(C(=O)Oc2ccc(C3CCC(CCCCC)CC3)cc2)cc1)O[Si](C)(C)C. The molecule has 0 aromatic heterocycles. The van der Waals surface area contributed by atoms with Crippen LogP contribution in [0.2, 0.25) is 117 Å². The molecule has 6 aromatic carbocycles. The van der Waals surface area contributed by atoms with Crippen molar-refractivity contribution in [2.75, 3.05) is 13.2 Å². The summed E-state index contributed by atoms with van der Waals surface area (Å²) in [5.74, 6) is 8.07. The van der Waals surface area contributed by atoms with Crippen LogP contribution in [0.15, 0.2) is 146 Å². The number of carbonyl (C=O) groups is 2. The molecule has 0 saturated heterocycles. The highest BCUT2D eigenvalue weighted by Gasteiger charge is 2.55. The molecular formula is C120H202O15Si8. The number of hydrogen-bond donors (Lipinski definition) is 0. The molecule has 6 unspecified atom stereocenters. The van der Waals surface area contributed by atoms with Crippen molar-refractivity contribution in [2.24, 2.45) is 11.8 Å². The topological polar surface area (TPSA) is 154 Å². The van der Waals surface area contributed by atoms with E-state index in [4.69, 9.17) is 57.8 Å². The standard InChI is InChI=1S/C120H202O15Si8/c1-21-25-29-31-33-41-47-55-63-117(142(19,132-138(11,12)13)134-140(17,130-136(5,6)7)99-59-51-45-39-35-37-43-49-57-97-123-109-81-77-107(78-82-109)119(121)128-115-85-73-105(74-86-115)103-69-65-101(66-70-103)61-53-27-23-3)126-113-93-89-111(90-94-113)125-112-91-95-114(96-92-112)127-118(64-56-48-42-34-32-30-26-22-2)143(20,133-139(14,15)16)135-141(18,131-137(8,9)10)100-60-52-46-40-36-38-44-50-58-98-124-110-83-79-108(80-84-110)120(122)129-116-87-75-106(76-88-116)104-71-67-102(68-72-104)62-54-28-24-4/h73-96,101-104,117-118H,21-72,97-100H2,1-20H3. The smallest absolute Gasteiger partial charge is 0.358 e. The predicted octanol–water partition coefficient (Wildman–Crippen LogP) is 38.2. The van der Waals surface area contributed by atoms with Gasteiger partial charge in [-0.3, -0.25) is 0 Å². The summed E-state index contributed by atoms with van der Waals surface area (Å²) in [4.78, 5) is 26.3. The average molecular weight is 2110 g/mol. The number of benzene rings is 6. The first-order chi connectivity index (χ1) is 68.4. The minimum atomic E-state index is -3.15. The van der Waals surface area contributed by atoms with E-state index in [1.165, 1.54) is 255 Å². The van der Waals surface area contributed by atoms with Crippen LogP contribution in [0.25, 0.3) is 0 Å². The largest absolute Gasteiger partial charge is 0.494 e. The Morgan fingerprint density at radius 2 is 0.510 bits per heavy atom. The van der Waals surface area contributed by atoms with Crippen LogP contribution >= 0.6 is 0 Å². The molecule has 0 bridgehead atoms. The lowest BCUT2D eigenvalue weighted by molar-refractivity contribution is 0.0725. The number of esters is 2. The average Bonchev–Trinajstić information content (AvgIpc) is 0.785. The molecular weight excluding hydrogens is 1910 g/mol. The maximum Gasteiger partial charge on any atom is 0.358 e. The molecule has 2 aliphatic rings. The van der Waals surface area contributed by atoms with Gasteiger partial charge in [-0.15, -0.1) is 0 Å². The highest BCUT2D eigenvalue weighted by molar-refractivity contribution is 6.91. The fourth-order valence-electron chi connectivity index (χ4n) is 21.5. The van der Waals surface area contributed by atoms with Crippen molar-refractivity contribution < 1.29 is 67.4 Å². The first kappa shape index (κ1) is 123. The molecule has 2 aliphatic carbocycles. The van der Waals surface area contributed by atoms with Gasteiger partial charge in [-0.1, -0.05) is 296 Å². The van der Waals surface area contributed by atoms with Crippen LogP contribution in [0, 0.1) is 11.8 Å². The molecule has 0 heterocycles. The zero-order valence-electron chi connectivity index (χ0n) is 94.0. The van der Waals surface area contributed by atoms with Gasteiger partial charge in [0, 0.05) is 0 Å². The van der Waals surface area contributed by atoms with Crippen molar-refractivity contribution in [1.82, 2.24) is 0 Å². The number of carbonyl (C=O) groups excluding carboxylic acids is 2. The maximum atomic E-state index is 13.1. The Balaban J connectivity index is 0.802. The number of hydrogen-bond acceptors (Lipinski definition) is 15. The Labute approximate surface area is 881 Å². The van der Waals surface area contributed by atoms with E-state index in [1.54, 1.807) is 0 Å². The van der Waals surface area contributed by atoms with E-state index in [0.29, 0.717) is 47.7 Å². The van der Waals surface area contributed by atoms with Gasteiger partial charge >= 0.3 is 46.2 Å². The first-order valence-corrected chi connectivity index (χ1v) is 81.4. The third kappa shape index (κ3) is 51.0. The van der Waals surface area contributed by atoms with Crippen LogP contribution < -0.4 is 33.2 Å². The molecule has 0 aliphatic heterocycles. The molecule has 23 heteroatoms. The Kier molecular flexibility index (Phi) is 56.5. The quantitative estimate of drug-likeness (QED) is 0.0154. The lowest BCUT2D eigenvalue weighted by Crippen LogP contribution is -2.64. The van der Waals surface area contributed by atoms with Crippen LogP contribution in [0.4, 0.5) is 0 Å². The van der Waals surface area contributed by atoms with Crippen LogP contribution in [0.3, 0.4) is 0 Å². The number of ether oxygens (including phenoxy) is 7. The van der Waals surface area contributed by atoms with E-state index in [1.807, 2.05) is 97.1 Å². The zero-order valence-corrected chi connectivity index (χ0v) is 102. The minimum absolute atomic E-state index is 0.248. The lowest BCUT2D eigenvalue weighted by atomic mass is 9.77. The van der Waals surface area contributed by atoms with E-state index in [9.17, 15) is 9.59 Å². The first-order valence-electron chi connectivity index (χ1n) is 58.0. The van der Waals surface area contributed by atoms with Gasteiger partial charge in [-0.05, 0) is 363 Å². The summed E-state index contributed by atoms with van der Waals surface area (Å²) < 4.78 is 90.7. The van der Waals surface area contributed by atoms with Crippen molar-refractivity contribution in [3.05, 3.63) is 168 Å². The van der Waals surface area contributed by atoms with Gasteiger partial charge in [0.15, 0.2) is 33.3 Å². The predicted molar refractivity (Wildman–Crippen MR) is 620 cm³/mol. The second-order valence-electron chi connectivity index (χ2n) is 47.1. The monoisotopic (exact) mass is 2110 g/mol. The number of unbranched alkanes of at least 4 members (excludes halogenated alkanes) is 34. The molecule has 0 N–H and O–H groups in total. The van der Waals surface area contributed by atoms with Gasteiger partial charge in [0.2, 0.25) is 0 Å². The van der Waals surface area contributed by atoms with Crippen LogP contribution in [-0.4, -0.2) is 104 Å². The van der Waals surface area contributed by atoms with Crippen LogP contribution in [0.1, 0.15) is 405 Å². The Bertz CT molecular complexity index is 4080. The van der Waals surface area contributed by atoms with Gasteiger partial charge in [0.25, 0.3) is 0 Å². The van der Waals surface area contributed by atoms with Gasteiger partial charge in [-0.2, -0.15) is 0 Å². The Hall–Kier alpha value is -5.24. The van der Waals surface area contributed by atoms with Crippen molar-refractivity contribution >= 4 is 79.5 Å². The molecule has 0 radical (unpaired) electrons. The van der Waals surface area contributed by atoms with Crippen molar-refractivity contribution in [3.8, 4) is 46.0 Å². The van der Waals surface area contributed by atoms with E-state index >= 15 is 0 Å². The zero-order chi connectivity index (χ0) is 103. The van der Waals surface area contributed by atoms with E-state index in [-0.39, 0.29) is 23.4 Å². The molecule has 6 atom stereocenters. The van der Waals surface area contributed by atoms with Crippen molar-refractivity contribution in [3.63, 3.8) is 0 Å². The second-order valence-corrected chi connectivity index (χ2v) is 79.8. The summed E-state index contributed by atoms with van der Waals surface area (Å²) in [7, 11) is -20.4. The van der Waals surface area contributed by atoms with Crippen LogP contribution in [-0.2, 0) is 24.7 Å². The summed E-state index contributed by atoms with van der Waals surface area (Å²) in [5, 5.41) is 0. The fourth-order valence-corrected chi connectivity index (χ4v) is 58.3. The summed E-state index contributed by atoms with van der Waals surface area (Å²) in [5.41, 5.74) is 3.28. The van der Waals surface area contributed by atoms with Crippen molar-refractivity contribution in [1.29, 1.82) is 0 Å². The second kappa shape index (κ2) is 65.8. The van der Waals surface area contributed by atoms with Gasteiger partial charge in [0.05, 0.1) is 24.3 Å². The van der Waals surface area contributed by atoms with E-state index in [2.05, 4.69) is 181 Å². The summed E-state index contributed by atoms with van der Waals surface area (Å²) >= 11 is 0. The molecule has 6 aromatic rings. The molecule has 8 rings (SSSR count). The van der Waals surface area contributed by atoms with Crippen molar-refractivity contribution in [2.45, 2.75) is 502 Å². The van der Waals surface area contributed by atoms with Gasteiger partial charge < -0.3 is 57.8 Å². The normalized spacial score (nSPS) is 17.6. The van der Waals surface area contributed by atoms with Gasteiger partial charge in [0.1, 0.15) is 57.5 Å². The summed E-state index contributed by atoms with van der Waals surface area (Å²) in [6, 6.07) is 49.5. The van der Waals surface area contributed by atoms with Gasteiger partial charge in [-0.25, -0.2) is 9.59 Å². The maximum absolute atomic E-state index is 13.1. The Morgan fingerprint density at radius 3 is 0.804 bits per heavy atom. The molecule has 804 valence electrons. The molecule has 2 saturated carbocycles. The molecule has 15 nitrogen and oxygen atoms in total. The fraction of sp³-hybridized carbons (Fsp3) is 0.683. The summed E-state index contributed by atoms with van der Waals surface area (Å²) in [6.45, 7) is 47.5. The number of rotatable bonds is 78. The summed E-state index contributed by atoms with van der Waals surface area (Å²) in [6.07, 6.45) is 63.4. The minimum Gasteiger partial charge on any atom is -0.494 e. The van der Waals surface area contributed by atoms with E-state index in [0.717, 1.165) is 148 Å².